The van der Waals surface area contributed by atoms with Crippen molar-refractivity contribution in [2.24, 2.45) is 0 Å². The average molecular weight is 342 g/mol. The zero-order valence-electron chi connectivity index (χ0n) is 14.6. The molecule has 0 aliphatic rings. The summed E-state index contributed by atoms with van der Waals surface area (Å²) in [5, 5.41) is 2.77. The summed E-state index contributed by atoms with van der Waals surface area (Å²) in [5.74, 6) is 0.852. The van der Waals surface area contributed by atoms with E-state index >= 15 is 0 Å². The maximum atomic E-state index is 12.3. The topological polar surface area (TPSA) is 67.9 Å². The van der Waals surface area contributed by atoms with Crippen LogP contribution in [0.15, 0.2) is 48.5 Å². The molecule has 0 aliphatic carbocycles. The Bertz CT molecular complexity index is 728. The number of rotatable bonds is 7. The number of nitrogens with zero attached hydrogens (tertiary/aromatic N) is 1. The lowest BCUT2D eigenvalue weighted by atomic mass is 10.2. The van der Waals surface area contributed by atoms with Gasteiger partial charge in [0.2, 0.25) is 11.8 Å². The molecule has 0 unspecified atom stereocenters. The first-order chi connectivity index (χ1) is 12.0. The number of hydrogen-bond donors (Lipinski definition) is 1. The van der Waals surface area contributed by atoms with E-state index in [1.807, 2.05) is 6.92 Å². The number of hydrogen-bond acceptors (Lipinski definition) is 4. The fourth-order valence-electron chi connectivity index (χ4n) is 2.32. The molecule has 1 N–H and O–H groups in total. The van der Waals surface area contributed by atoms with E-state index in [0.717, 1.165) is 5.75 Å². The molecule has 2 aromatic carbocycles. The third kappa shape index (κ3) is 5.24. The van der Waals surface area contributed by atoms with Gasteiger partial charge in [-0.25, -0.2) is 0 Å². The normalized spacial score (nSPS) is 10.0. The molecule has 0 aliphatic heterocycles. The quantitative estimate of drug-likeness (QED) is 0.840. The van der Waals surface area contributed by atoms with Gasteiger partial charge in [0.05, 0.1) is 13.7 Å². The number of carbonyl (C=O) groups excluding carboxylic acids is 2. The van der Waals surface area contributed by atoms with E-state index in [9.17, 15) is 9.59 Å². The van der Waals surface area contributed by atoms with Gasteiger partial charge in [0.25, 0.3) is 0 Å². The van der Waals surface area contributed by atoms with E-state index in [2.05, 4.69) is 5.32 Å². The SMILES string of the molecule is CCOc1ccc(N(CC(=O)Nc2cccc(OC)c2)C(C)=O)cc1. The van der Waals surface area contributed by atoms with Gasteiger partial charge in [-0.3, -0.25) is 9.59 Å². The standard InChI is InChI=1S/C19H22N2O4/c1-4-25-17-10-8-16(9-11-17)21(14(2)22)13-19(23)20-15-6-5-7-18(12-15)24-3/h5-12H,4,13H2,1-3H3,(H,20,23). The summed E-state index contributed by atoms with van der Waals surface area (Å²) >= 11 is 0. The average Bonchev–Trinajstić information content (AvgIpc) is 2.61. The molecular formula is C19H22N2O4. The van der Waals surface area contributed by atoms with Crippen LogP contribution in [0.25, 0.3) is 0 Å². The molecule has 0 saturated heterocycles. The van der Waals surface area contributed by atoms with Crippen molar-refractivity contribution < 1.29 is 19.1 Å². The van der Waals surface area contributed by atoms with Crippen molar-refractivity contribution in [1.29, 1.82) is 0 Å². The van der Waals surface area contributed by atoms with Gasteiger partial charge in [0.15, 0.2) is 0 Å². The van der Waals surface area contributed by atoms with Crippen LogP contribution in [0.3, 0.4) is 0 Å². The van der Waals surface area contributed by atoms with E-state index in [4.69, 9.17) is 9.47 Å². The molecule has 25 heavy (non-hydrogen) atoms. The molecule has 0 atom stereocenters. The van der Waals surface area contributed by atoms with Crippen LogP contribution in [0.2, 0.25) is 0 Å². The van der Waals surface area contributed by atoms with E-state index in [1.54, 1.807) is 55.6 Å². The molecule has 132 valence electrons. The van der Waals surface area contributed by atoms with E-state index in [0.29, 0.717) is 23.7 Å². The summed E-state index contributed by atoms with van der Waals surface area (Å²) in [6, 6.07) is 14.1. The number of nitrogens with one attached hydrogen (secondary N) is 1. The molecule has 0 fully saturated rings. The lowest BCUT2D eigenvalue weighted by Gasteiger charge is -2.21. The molecule has 0 radical (unpaired) electrons. The largest absolute Gasteiger partial charge is 0.497 e. The van der Waals surface area contributed by atoms with E-state index < -0.39 is 0 Å². The van der Waals surface area contributed by atoms with Crippen molar-refractivity contribution in [3.63, 3.8) is 0 Å². The van der Waals surface area contributed by atoms with Crippen molar-refractivity contribution in [3.05, 3.63) is 48.5 Å². The van der Waals surface area contributed by atoms with E-state index in [-0.39, 0.29) is 18.4 Å². The predicted octanol–water partition coefficient (Wildman–Crippen LogP) is 3.09. The van der Waals surface area contributed by atoms with Gasteiger partial charge in [-0.2, -0.15) is 0 Å². The maximum absolute atomic E-state index is 12.3. The third-order valence-electron chi connectivity index (χ3n) is 3.49. The number of ether oxygens (including phenoxy) is 2. The fraction of sp³-hybridized carbons (Fsp3) is 0.263. The van der Waals surface area contributed by atoms with Crippen LogP contribution in [0.5, 0.6) is 11.5 Å². The number of amides is 2. The molecule has 6 heteroatoms. The van der Waals surface area contributed by atoms with Gasteiger partial charge in [-0.1, -0.05) is 6.07 Å². The number of benzene rings is 2. The van der Waals surface area contributed by atoms with Gasteiger partial charge in [-0.05, 0) is 43.3 Å². The van der Waals surface area contributed by atoms with Crippen LogP contribution in [0.4, 0.5) is 11.4 Å². The first kappa shape index (κ1) is 18.3. The first-order valence-corrected chi connectivity index (χ1v) is 7.98. The van der Waals surface area contributed by atoms with E-state index in [1.165, 1.54) is 11.8 Å². The molecule has 0 aromatic heterocycles. The molecule has 2 aromatic rings. The lowest BCUT2D eigenvalue weighted by Crippen LogP contribution is -2.36. The van der Waals surface area contributed by atoms with Crippen molar-refractivity contribution in [2.75, 3.05) is 30.5 Å². The molecule has 2 amide bonds. The van der Waals surface area contributed by atoms with Crippen molar-refractivity contribution in [1.82, 2.24) is 0 Å². The van der Waals surface area contributed by atoms with Gasteiger partial charge in [-0.15, -0.1) is 0 Å². The summed E-state index contributed by atoms with van der Waals surface area (Å²) in [4.78, 5) is 25.6. The second-order valence-electron chi connectivity index (χ2n) is 5.31. The number of methoxy groups -OCH3 is 1. The van der Waals surface area contributed by atoms with Gasteiger partial charge in [0, 0.05) is 24.4 Å². The minimum Gasteiger partial charge on any atom is -0.497 e. The van der Waals surface area contributed by atoms with Gasteiger partial charge in [0.1, 0.15) is 18.0 Å². The highest BCUT2D eigenvalue weighted by molar-refractivity contribution is 6.01. The zero-order valence-corrected chi connectivity index (χ0v) is 14.6. The summed E-state index contributed by atoms with van der Waals surface area (Å²) in [5.41, 5.74) is 1.25. The van der Waals surface area contributed by atoms with Crippen LogP contribution in [0.1, 0.15) is 13.8 Å². The van der Waals surface area contributed by atoms with Crippen LogP contribution in [0, 0.1) is 0 Å². The minimum absolute atomic E-state index is 0.0828. The highest BCUT2D eigenvalue weighted by Crippen LogP contribution is 2.20. The van der Waals surface area contributed by atoms with Gasteiger partial charge < -0.3 is 19.7 Å². The minimum atomic E-state index is -0.294. The van der Waals surface area contributed by atoms with Crippen LogP contribution in [-0.4, -0.2) is 32.1 Å². The third-order valence-corrected chi connectivity index (χ3v) is 3.49. The zero-order chi connectivity index (χ0) is 18.2. The van der Waals surface area contributed by atoms with Gasteiger partial charge >= 0.3 is 0 Å². The number of anilines is 2. The van der Waals surface area contributed by atoms with Crippen LogP contribution < -0.4 is 19.7 Å². The van der Waals surface area contributed by atoms with Crippen molar-refractivity contribution >= 4 is 23.2 Å². The molecule has 0 spiro atoms. The Morgan fingerprint density at radius 1 is 1.08 bits per heavy atom. The Kier molecular flexibility index (Phi) is 6.39. The second kappa shape index (κ2) is 8.73. The second-order valence-corrected chi connectivity index (χ2v) is 5.31. The van der Waals surface area contributed by atoms with Crippen LogP contribution in [-0.2, 0) is 9.59 Å². The Labute approximate surface area is 147 Å². The maximum Gasteiger partial charge on any atom is 0.244 e. The summed E-state index contributed by atoms with van der Waals surface area (Å²) in [6.45, 7) is 3.81. The Morgan fingerprint density at radius 3 is 2.40 bits per heavy atom. The Balaban J connectivity index is 2.07. The van der Waals surface area contributed by atoms with Crippen LogP contribution >= 0.6 is 0 Å². The molecular weight excluding hydrogens is 320 g/mol. The fourth-order valence-corrected chi connectivity index (χ4v) is 2.32. The Morgan fingerprint density at radius 2 is 1.80 bits per heavy atom. The summed E-state index contributed by atoms with van der Waals surface area (Å²) in [7, 11) is 1.56. The first-order valence-electron chi connectivity index (χ1n) is 7.98. The predicted molar refractivity (Wildman–Crippen MR) is 97.3 cm³/mol. The molecule has 0 heterocycles. The molecule has 6 nitrogen and oxygen atoms in total. The lowest BCUT2D eigenvalue weighted by molar-refractivity contribution is -0.120. The highest BCUT2D eigenvalue weighted by Gasteiger charge is 2.16. The highest BCUT2D eigenvalue weighted by atomic mass is 16.5. The molecule has 0 saturated carbocycles. The molecule has 2 rings (SSSR count). The summed E-state index contributed by atoms with van der Waals surface area (Å²) < 4.78 is 10.5. The number of carbonyl (C=O) groups is 2. The monoisotopic (exact) mass is 342 g/mol. The smallest absolute Gasteiger partial charge is 0.244 e. The summed E-state index contributed by atoms with van der Waals surface area (Å²) in [6.07, 6.45) is 0. The molecule has 0 bridgehead atoms. The van der Waals surface area contributed by atoms with Crippen molar-refractivity contribution in [3.8, 4) is 11.5 Å². The van der Waals surface area contributed by atoms with Crippen molar-refractivity contribution in [2.45, 2.75) is 13.8 Å². The Hall–Kier alpha value is -3.02.